The quantitative estimate of drug-likeness (QED) is 0.628. The van der Waals surface area contributed by atoms with Crippen molar-refractivity contribution in [2.45, 2.75) is 58.5 Å². The second kappa shape index (κ2) is 9.38. The molecule has 1 N–H and O–H groups in total. The van der Waals surface area contributed by atoms with Gasteiger partial charge in [0.2, 0.25) is 0 Å². The second-order valence-electron chi connectivity index (χ2n) is 4.97. The molecule has 0 aliphatic carbocycles. The van der Waals surface area contributed by atoms with Crippen molar-refractivity contribution in [3.63, 3.8) is 0 Å². The van der Waals surface area contributed by atoms with Gasteiger partial charge < -0.3 is 9.84 Å². The Kier molecular flexibility index (Phi) is 8.15. The van der Waals surface area contributed by atoms with Crippen LogP contribution in [0.3, 0.4) is 0 Å². The third-order valence-electron chi connectivity index (χ3n) is 3.18. The van der Waals surface area contributed by atoms with Crippen LogP contribution in [0.1, 0.15) is 64.0 Å². The summed E-state index contributed by atoms with van der Waals surface area (Å²) in [5, 5.41) is 9.70. The third-order valence-corrected chi connectivity index (χ3v) is 3.67. The molecule has 1 atom stereocenters. The average molecular weight is 329 g/mol. The number of ether oxygens (including phenoxy) is 1. The molecule has 0 aliphatic heterocycles. The van der Waals surface area contributed by atoms with E-state index in [-0.39, 0.29) is 0 Å². The van der Waals surface area contributed by atoms with E-state index >= 15 is 0 Å². The van der Waals surface area contributed by atoms with Gasteiger partial charge in [-0.25, -0.2) is 0 Å². The van der Waals surface area contributed by atoms with E-state index in [0.29, 0.717) is 0 Å². The molecule has 0 amide bonds. The Hall–Kier alpha value is -0.540. The Morgan fingerprint density at radius 3 is 2.53 bits per heavy atom. The molecule has 1 aromatic rings. The molecular formula is C16H25BrO2. The smallest absolute Gasteiger partial charge is 0.126 e. The zero-order valence-corrected chi connectivity index (χ0v) is 13.6. The van der Waals surface area contributed by atoms with E-state index in [9.17, 15) is 5.11 Å². The summed E-state index contributed by atoms with van der Waals surface area (Å²) in [6, 6.07) is 5.77. The number of hydrogen-bond acceptors (Lipinski definition) is 2. The van der Waals surface area contributed by atoms with Crippen LogP contribution in [-0.4, -0.2) is 11.7 Å². The summed E-state index contributed by atoms with van der Waals surface area (Å²) in [6.07, 6.45) is 7.04. The van der Waals surface area contributed by atoms with Gasteiger partial charge in [0, 0.05) is 10.0 Å². The normalized spacial score (nSPS) is 12.4. The molecule has 0 heterocycles. The first kappa shape index (κ1) is 16.5. The van der Waals surface area contributed by atoms with Crippen LogP contribution in [0.4, 0.5) is 0 Å². The lowest BCUT2D eigenvalue weighted by Crippen LogP contribution is -2.02. The van der Waals surface area contributed by atoms with E-state index in [2.05, 4.69) is 22.9 Å². The molecule has 0 saturated heterocycles. The molecule has 0 aromatic heterocycles. The van der Waals surface area contributed by atoms with Gasteiger partial charge in [-0.3, -0.25) is 0 Å². The molecule has 19 heavy (non-hydrogen) atoms. The van der Waals surface area contributed by atoms with Crippen molar-refractivity contribution < 1.29 is 9.84 Å². The Bertz CT molecular complexity index is 364. The average Bonchev–Trinajstić information content (AvgIpc) is 2.37. The first-order valence-electron chi connectivity index (χ1n) is 7.25. The highest BCUT2D eigenvalue weighted by atomic mass is 79.9. The monoisotopic (exact) mass is 328 g/mol. The molecule has 0 spiro atoms. The standard InChI is InChI=1S/C16H25BrO2/c1-3-4-5-6-7-8-11-19-16-12-14(17)9-10-15(16)13(2)18/h9-10,12-13,18H,3-8,11H2,1-2H3. The van der Waals surface area contributed by atoms with Crippen LogP contribution in [0.5, 0.6) is 5.75 Å². The molecule has 2 nitrogen and oxygen atoms in total. The van der Waals surface area contributed by atoms with E-state index in [1.165, 1.54) is 32.1 Å². The van der Waals surface area contributed by atoms with Gasteiger partial charge in [0.15, 0.2) is 0 Å². The summed E-state index contributed by atoms with van der Waals surface area (Å²) in [7, 11) is 0. The molecule has 108 valence electrons. The number of unbranched alkanes of at least 4 members (excludes halogenated alkanes) is 5. The molecule has 0 fully saturated rings. The van der Waals surface area contributed by atoms with Gasteiger partial charge in [-0.05, 0) is 25.5 Å². The van der Waals surface area contributed by atoms with Gasteiger partial charge in [0.25, 0.3) is 0 Å². The van der Waals surface area contributed by atoms with Gasteiger partial charge in [0.05, 0.1) is 12.7 Å². The minimum atomic E-state index is -0.493. The van der Waals surface area contributed by atoms with Crippen LogP contribution in [0, 0.1) is 0 Å². The molecule has 1 unspecified atom stereocenters. The number of benzene rings is 1. The Labute approximate surface area is 125 Å². The molecule has 1 aromatic carbocycles. The van der Waals surface area contributed by atoms with Crippen LogP contribution in [-0.2, 0) is 0 Å². The third kappa shape index (κ3) is 6.44. The zero-order chi connectivity index (χ0) is 14.1. The van der Waals surface area contributed by atoms with E-state index in [4.69, 9.17) is 4.74 Å². The minimum absolute atomic E-state index is 0.493. The van der Waals surface area contributed by atoms with Gasteiger partial charge in [-0.1, -0.05) is 61.0 Å². The second-order valence-corrected chi connectivity index (χ2v) is 5.89. The molecule has 1 rings (SSSR count). The molecule has 0 saturated carbocycles. The maximum atomic E-state index is 9.70. The van der Waals surface area contributed by atoms with Gasteiger partial charge in [-0.15, -0.1) is 0 Å². The maximum Gasteiger partial charge on any atom is 0.126 e. The minimum Gasteiger partial charge on any atom is -0.493 e. The highest BCUT2D eigenvalue weighted by Crippen LogP contribution is 2.28. The summed E-state index contributed by atoms with van der Waals surface area (Å²) in [5.41, 5.74) is 0.856. The van der Waals surface area contributed by atoms with Crippen molar-refractivity contribution in [1.82, 2.24) is 0 Å². The van der Waals surface area contributed by atoms with E-state index in [0.717, 1.165) is 28.8 Å². The van der Waals surface area contributed by atoms with Crippen LogP contribution in [0.15, 0.2) is 22.7 Å². The largest absolute Gasteiger partial charge is 0.493 e. The first-order valence-corrected chi connectivity index (χ1v) is 8.04. The molecule has 0 aliphatic rings. The van der Waals surface area contributed by atoms with Crippen LogP contribution in [0.25, 0.3) is 0 Å². The van der Waals surface area contributed by atoms with Crippen molar-refractivity contribution in [2.75, 3.05) is 6.61 Å². The topological polar surface area (TPSA) is 29.5 Å². The SMILES string of the molecule is CCCCCCCCOc1cc(Br)ccc1C(C)O. The first-order chi connectivity index (χ1) is 9.15. The molecule has 0 radical (unpaired) electrons. The zero-order valence-electron chi connectivity index (χ0n) is 12.0. The van der Waals surface area contributed by atoms with Crippen molar-refractivity contribution in [2.24, 2.45) is 0 Å². The fraction of sp³-hybridized carbons (Fsp3) is 0.625. The predicted molar refractivity (Wildman–Crippen MR) is 83.6 cm³/mol. The van der Waals surface area contributed by atoms with Gasteiger partial charge >= 0.3 is 0 Å². The molecule has 0 bridgehead atoms. The lowest BCUT2D eigenvalue weighted by molar-refractivity contribution is 0.190. The van der Waals surface area contributed by atoms with Crippen molar-refractivity contribution in [3.05, 3.63) is 28.2 Å². The molecular weight excluding hydrogens is 304 g/mol. The Morgan fingerprint density at radius 1 is 1.16 bits per heavy atom. The van der Waals surface area contributed by atoms with E-state index < -0.39 is 6.10 Å². The Morgan fingerprint density at radius 2 is 1.84 bits per heavy atom. The predicted octanol–water partition coefficient (Wildman–Crippen LogP) is 5.24. The van der Waals surface area contributed by atoms with Crippen LogP contribution in [0.2, 0.25) is 0 Å². The van der Waals surface area contributed by atoms with Crippen molar-refractivity contribution in [1.29, 1.82) is 0 Å². The highest BCUT2D eigenvalue weighted by molar-refractivity contribution is 9.10. The summed E-state index contributed by atoms with van der Waals surface area (Å²) < 4.78 is 6.78. The number of halogens is 1. The fourth-order valence-electron chi connectivity index (χ4n) is 2.04. The summed E-state index contributed by atoms with van der Waals surface area (Å²) in [4.78, 5) is 0. The lowest BCUT2D eigenvalue weighted by atomic mass is 10.1. The summed E-state index contributed by atoms with van der Waals surface area (Å²) in [5.74, 6) is 0.790. The van der Waals surface area contributed by atoms with Crippen molar-refractivity contribution >= 4 is 15.9 Å². The van der Waals surface area contributed by atoms with Crippen LogP contribution >= 0.6 is 15.9 Å². The fourth-order valence-corrected chi connectivity index (χ4v) is 2.38. The number of aliphatic hydroxyl groups is 1. The van der Waals surface area contributed by atoms with E-state index in [1.54, 1.807) is 6.92 Å². The lowest BCUT2D eigenvalue weighted by Gasteiger charge is -2.13. The van der Waals surface area contributed by atoms with Gasteiger partial charge in [0.1, 0.15) is 5.75 Å². The Balaban J connectivity index is 2.34. The highest BCUT2D eigenvalue weighted by Gasteiger charge is 2.09. The number of aliphatic hydroxyl groups excluding tert-OH is 1. The summed E-state index contributed by atoms with van der Waals surface area (Å²) in [6.45, 7) is 4.72. The summed E-state index contributed by atoms with van der Waals surface area (Å²) >= 11 is 3.43. The van der Waals surface area contributed by atoms with Crippen LogP contribution < -0.4 is 4.74 Å². The number of hydrogen-bond donors (Lipinski definition) is 1. The van der Waals surface area contributed by atoms with E-state index in [1.807, 2.05) is 18.2 Å². The van der Waals surface area contributed by atoms with Gasteiger partial charge in [-0.2, -0.15) is 0 Å². The van der Waals surface area contributed by atoms with Crippen molar-refractivity contribution in [3.8, 4) is 5.75 Å². The number of rotatable bonds is 9. The molecule has 3 heteroatoms. The maximum absolute atomic E-state index is 9.70.